The summed E-state index contributed by atoms with van der Waals surface area (Å²) in [6.45, 7) is 3.92. The predicted octanol–water partition coefficient (Wildman–Crippen LogP) is 0.675. The fourth-order valence-electron chi connectivity index (χ4n) is 0.951. The maximum Gasteiger partial charge on any atom is 0.115 e. The largest absolute Gasteiger partial charge is 0.328 e. The zero-order valence-corrected chi connectivity index (χ0v) is 6.91. The smallest absolute Gasteiger partial charge is 0.115 e. The highest BCUT2D eigenvalue weighted by Crippen LogP contribution is 1.98. The minimum atomic E-state index is 0.171. The van der Waals surface area contributed by atoms with Crippen LogP contribution in [-0.2, 0) is 6.42 Å². The molecule has 0 aromatic carbocycles. The van der Waals surface area contributed by atoms with Crippen LogP contribution >= 0.6 is 0 Å². The fraction of sp³-hybridized carbons (Fsp3) is 0.500. The molecule has 0 bridgehead atoms. The number of rotatable bonds is 2. The van der Waals surface area contributed by atoms with Crippen molar-refractivity contribution in [3.8, 4) is 0 Å². The van der Waals surface area contributed by atoms with Gasteiger partial charge in [-0.1, -0.05) is 0 Å². The van der Waals surface area contributed by atoms with Gasteiger partial charge in [0.25, 0.3) is 0 Å². The lowest BCUT2D eigenvalue weighted by Gasteiger charge is -2.03. The van der Waals surface area contributed by atoms with Crippen LogP contribution in [0.25, 0.3) is 0 Å². The Kier molecular flexibility index (Phi) is 2.54. The Labute approximate surface area is 66.7 Å². The van der Waals surface area contributed by atoms with E-state index >= 15 is 0 Å². The molecule has 2 N–H and O–H groups in total. The molecule has 3 nitrogen and oxygen atoms in total. The van der Waals surface area contributed by atoms with Crippen LogP contribution in [-0.4, -0.2) is 16.0 Å². The summed E-state index contributed by atoms with van der Waals surface area (Å²) in [7, 11) is 0. The van der Waals surface area contributed by atoms with Crippen molar-refractivity contribution in [1.82, 2.24) is 9.97 Å². The second kappa shape index (κ2) is 3.44. The standard InChI is InChI=1S/C8H13N3/c1-6(9)3-8-4-7(2)10-5-11-8/h4-6H,3,9H2,1-2H3. The quantitative estimate of drug-likeness (QED) is 0.676. The number of nitrogens with two attached hydrogens (primary N) is 1. The van der Waals surface area contributed by atoms with Gasteiger partial charge in [-0.25, -0.2) is 9.97 Å². The van der Waals surface area contributed by atoms with Gasteiger partial charge in [-0.3, -0.25) is 0 Å². The van der Waals surface area contributed by atoms with Gasteiger partial charge in [0.1, 0.15) is 6.33 Å². The van der Waals surface area contributed by atoms with E-state index in [0.29, 0.717) is 0 Å². The molecule has 0 fully saturated rings. The summed E-state index contributed by atoms with van der Waals surface area (Å²) < 4.78 is 0. The molecule has 0 aliphatic carbocycles. The summed E-state index contributed by atoms with van der Waals surface area (Å²) in [5, 5.41) is 0. The first-order valence-electron chi connectivity index (χ1n) is 3.71. The molecule has 1 aromatic heterocycles. The van der Waals surface area contributed by atoms with Gasteiger partial charge >= 0.3 is 0 Å². The molecule has 0 saturated heterocycles. The number of aryl methyl sites for hydroxylation is 1. The van der Waals surface area contributed by atoms with E-state index in [1.54, 1.807) is 6.33 Å². The van der Waals surface area contributed by atoms with Crippen LogP contribution in [0, 0.1) is 6.92 Å². The topological polar surface area (TPSA) is 51.8 Å². The monoisotopic (exact) mass is 151 g/mol. The highest BCUT2D eigenvalue weighted by molar-refractivity contribution is 5.07. The molecule has 60 valence electrons. The van der Waals surface area contributed by atoms with Crippen LogP contribution in [0.1, 0.15) is 18.3 Å². The Morgan fingerprint density at radius 2 is 2.27 bits per heavy atom. The fourth-order valence-corrected chi connectivity index (χ4v) is 0.951. The molecule has 3 heteroatoms. The van der Waals surface area contributed by atoms with Crippen LogP contribution in [0.5, 0.6) is 0 Å². The van der Waals surface area contributed by atoms with E-state index < -0.39 is 0 Å². The Balaban J connectivity index is 2.71. The van der Waals surface area contributed by atoms with Crippen LogP contribution < -0.4 is 5.73 Å². The van der Waals surface area contributed by atoms with E-state index in [0.717, 1.165) is 17.8 Å². The third kappa shape index (κ3) is 2.63. The van der Waals surface area contributed by atoms with Gasteiger partial charge in [0.15, 0.2) is 0 Å². The first kappa shape index (κ1) is 8.14. The number of nitrogens with zero attached hydrogens (tertiary/aromatic N) is 2. The van der Waals surface area contributed by atoms with Crippen molar-refractivity contribution in [2.24, 2.45) is 5.73 Å². The van der Waals surface area contributed by atoms with Crippen molar-refractivity contribution >= 4 is 0 Å². The van der Waals surface area contributed by atoms with E-state index in [1.165, 1.54) is 0 Å². The van der Waals surface area contributed by atoms with Gasteiger partial charge in [-0.05, 0) is 19.9 Å². The summed E-state index contributed by atoms with van der Waals surface area (Å²) in [4.78, 5) is 8.08. The van der Waals surface area contributed by atoms with Crippen molar-refractivity contribution in [2.45, 2.75) is 26.3 Å². The molecule has 1 atom stereocenters. The van der Waals surface area contributed by atoms with Crippen molar-refractivity contribution in [3.05, 3.63) is 23.8 Å². The van der Waals surface area contributed by atoms with Gasteiger partial charge < -0.3 is 5.73 Å². The van der Waals surface area contributed by atoms with Gasteiger partial charge in [-0.2, -0.15) is 0 Å². The Morgan fingerprint density at radius 3 is 2.82 bits per heavy atom. The molecule has 1 unspecified atom stereocenters. The molecule has 0 aliphatic heterocycles. The molecule has 0 spiro atoms. The molecule has 0 saturated carbocycles. The maximum atomic E-state index is 5.61. The van der Waals surface area contributed by atoms with E-state index in [2.05, 4.69) is 9.97 Å². The first-order valence-corrected chi connectivity index (χ1v) is 3.71. The van der Waals surface area contributed by atoms with Crippen molar-refractivity contribution in [2.75, 3.05) is 0 Å². The molecule has 1 rings (SSSR count). The molecule has 11 heavy (non-hydrogen) atoms. The Hall–Kier alpha value is -0.960. The molecule has 1 heterocycles. The summed E-state index contributed by atoms with van der Waals surface area (Å²) in [6.07, 6.45) is 2.40. The summed E-state index contributed by atoms with van der Waals surface area (Å²) in [5.41, 5.74) is 7.63. The summed E-state index contributed by atoms with van der Waals surface area (Å²) >= 11 is 0. The van der Waals surface area contributed by atoms with Gasteiger partial charge in [0.2, 0.25) is 0 Å². The summed E-state index contributed by atoms with van der Waals surface area (Å²) in [6, 6.07) is 2.13. The number of hydrogen-bond donors (Lipinski definition) is 1. The molecule has 0 radical (unpaired) electrons. The minimum Gasteiger partial charge on any atom is -0.328 e. The van der Waals surface area contributed by atoms with Crippen LogP contribution in [0.4, 0.5) is 0 Å². The first-order chi connectivity index (χ1) is 5.18. The average Bonchev–Trinajstić information content (AvgIpc) is 1.85. The second-order valence-corrected chi connectivity index (χ2v) is 2.83. The van der Waals surface area contributed by atoms with Gasteiger partial charge in [-0.15, -0.1) is 0 Å². The Bertz CT molecular complexity index is 233. The number of hydrogen-bond acceptors (Lipinski definition) is 3. The second-order valence-electron chi connectivity index (χ2n) is 2.83. The molecule has 0 amide bonds. The number of aromatic nitrogens is 2. The zero-order chi connectivity index (χ0) is 8.27. The van der Waals surface area contributed by atoms with E-state index in [9.17, 15) is 0 Å². The average molecular weight is 151 g/mol. The van der Waals surface area contributed by atoms with Crippen LogP contribution in [0.2, 0.25) is 0 Å². The zero-order valence-electron chi connectivity index (χ0n) is 6.91. The van der Waals surface area contributed by atoms with Crippen LogP contribution in [0.3, 0.4) is 0 Å². The van der Waals surface area contributed by atoms with Crippen LogP contribution in [0.15, 0.2) is 12.4 Å². The lowest BCUT2D eigenvalue weighted by Crippen LogP contribution is -2.18. The van der Waals surface area contributed by atoms with Crippen molar-refractivity contribution in [1.29, 1.82) is 0 Å². The van der Waals surface area contributed by atoms with E-state index in [-0.39, 0.29) is 6.04 Å². The van der Waals surface area contributed by atoms with E-state index in [4.69, 9.17) is 5.73 Å². The third-order valence-electron chi connectivity index (χ3n) is 1.39. The highest BCUT2D eigenvalue weighted by Gasteiger charge is 1.98. The molecular formula is C8H13N3. The van der Waals surface area contributed by atoms with Gasteiger partial charge in [0.05, 0.1) is 0 Å². The molecule has 0 aliphatic rings. The maximum absolute atomic E-state index is 5.61. The molecular weight excluding hydrogens is 138 g/mol. The lowest BCUT2D eigenvalue weighted by molar-refractivity contribution is 0.718. The Morgan fingerprint density at radius 1 is 1.55 bits per heavy atom. The van der Waals surface area contributed by atoms with Crippen molar-refractivity contribution < 1.29 is 0 Å². The predicted molar refractivity (Wildman–Crippen MR) is 44.1 cm³/mol. The summed E-state index contributed by atoms with van der Waals surface area (Å²) in [5.74, 6) is 0. The normalized spacial score (nSPS) is 13.0. The third-order valence-corrected chi connectivity index (χ3v) is 1.39. The highest BCUT2D eigenvalue weighted by atomic mass is 14.8. The van der Waals surface area contributed by atoms with Gasteiger partial charge in [0, 0.05) is 23.9 Å². The molecule has 1 aromatic rings. The van der Waals surface area contributed by atoms with E-state index in [1.807, 2.05) is 19.9 Å². The minimum absolute atomic E-state index is 0.171. The SMILES string of the molecule is Cc1cc(CC(C)N)ncn1. The van der Waals surface area contributed by atoms with Crippen molar-refractivity contribution in [3.63, 3.8) is 0 Å². The lowest BCUT2D eigenvalue weighted by atomic mass is 10.2.